The summed E-state index contributed by atoms with van der Waals surface area (Å²) in [5.74, 6) is -4.46. The molecule has 0 radical (unpaired) electrons. The second kappa shape index (κ2) is 7.62. The van der Waals surface area contributed by atoms with Gasteiger partial charge < -0.3 is 10.2 Å². The number of aromatic nitrogens is 1. The van der Waals surface area contributed by atoms with Crippen molar-refractivity contribution >= 4 is 11.6 Å². The van der Waals surface area contributed by atoms with Crippen molar-refractivity contribution in [1.29, 1.82) is 0 Å². The molecule has 1 aromatic carbocycles. The highest BCUT2D eigenvalue weighted by Crippen LogP contribution is 2.19. The zero-order valence-electron chi connectivity index (χ0n) is 12.5. The number of nitrogens with one attached hydrogen (secondary N) is 1. The van der Waals surface area contributed by atoms with Crippen molar-refractivity contribution < 1.29 is 18.0 Å². The summed E-state index contributed by atoms with van der Waals surface area (Å²) in [6, 6.07) is 5.57. The van der Waals surface area contributed by atoms with E-state index >= 15 is 0 Å². The van der Waals surface area contributed by atoms with Crippen LogP contribution in [0.5, 0.6) is 0 Å². The summed E-state index contributed by atoms with van der Waals surface area (Å²) in [5.41, 5.74) is 0.791. The van der Waals surface area contributed by atoms with Gasteiger partial charge >= 0.3 is 0 Å². The largest absolute Gasteiger partial charge is 0.374 e. The number of hydrogen-bond donors (Lipinski definition) is 1. The molecule has 0 atom stereocenters. The molecular formula is C16H16F3N3O. The van der Waals surface area contributed by atoms with Crippen molar-refractivity contribution in [2.24, 2.45) is 0 Å². The zero-order chi connectivity index (χ0) is 16.8. The molecule has 0 aliphatic rings. The molecule has 0 saturated carbocycles. The van der Waals surface area contributed by atoms with Gasteiger partial charge in [0.25, 0.3) is 0 Å². The van der Waals surface area contributed by atoms with Crippen LogP contribution in [0.2, 0.25) is 0 Å². The number of carbonyl (C=O) groups is 1. The predicted molar refractivity (Wildman–Crippen MR) is 80.4 cm³/mol. The molecular weight excluding hydrogens is 307 g/mol. The topological polar surface area (TPSA) is 45.2 Å². The molecule has 0 aliphatic heterocycles. The van der Waals surface area contributed by atoms with Crippen LogP contribution in [0.15, 0.2) is 36.7 Å². The fraction of sp³-hybridized carbons (Fsp3) is 0.250. The van der Waals surface area contributed by atoms with Crippen molar-refractivity contribution in [3.63, 3.8) is 0 Å². The first-order chi connectivity index (χ1) is 11.0. The number of pyridine rings is 1. The van der Waals surface area contributed by atoms with Gasteiger partial charge in [-0.15, -0.1) is 0 Å². The average Bonchev–Trinajstić information content (AvgIpc) is 2.57. The molecule has 2 rings (SSSR count). The maximum absolute atomic E-state index is 13.5. The fourth-order valence-electron chi connectivity index (χ4n) is 1.94. The molecule has 7 heteroatoms. The Kier molecular flexibility index (Phi) is 5.56. The Morgan fingerprint density at radius 1 is 1.13 bits per heavy atom. The Labute approximate surface area is 132 Å². The lowest BCUT2D eigenvalue weighted by Gasteiger charge is -2.18. The summed E-state index contributed by atoms with van der Waals surface area (Å²) < 4.78 is 39.4. The fourth-order valence-corrected chi connectivity index (χ4v) is 1.94. The van der Waals surface area contributed by atoms with Crippen molar-refractivity contribution in [3.8, 4) is 0 Å². The minimum Gasteiger partial charge on any atom is -0.374 e. The van der Waals surface area contributed by atoms with Gasteiger partial charge in [0.05, 0.1) is 12.2 Å². The molecule has 23 heavy (non-hydrogen) atoms. The smallest absolute Gasteiger partial charge is 0.241 e. The number of anilines is 1. The van der Waals surface area contributed by atoms with E-state index in [1.165, 1.54) is 4.90 Å². The second-order valence-corrected chi connectivity index (χ2v) is 5.00. The maximum atomic E-state index is 13.5. The molecule has 0 spiro atoms. The Bertz CT molecular complexity index is 680. The summed E-state index contributed by atoms with van der Waals surface area (Å²) in [5, 5.41) is 2.48. The van der Waals surface area contributed by atoms with E-state index in [9.17, 15) is 18.0 Å². The molecule has 0 unspecified atom stereocenters. The highest BCUT2D eigenvalue weighted by Gasteiger charge is 2.15. The molecule has 1 amide bonds. The third-order valence-corrected chi connectivity index (χ3v) is 3.38. The number of likely N-dealkylation sites (N-methyl/N-ethyl adjacent to an activating group) is 1. The van der Waals surface area contributed by atoms with Crippen LogP contribution in [0.4, 0.5) is 18.9 Å². The summed E-state index contributed by atoms with van der Waals surface area (Å²) in [6.45, 7) is 0.264. The molecule has 0 bridgehead atoms. The molecule has 1 aromatic heterocycles. The number of amides is 1. The number of nitrogens with zero attached hydrogens (tertiary/aromatic N) is 2. The van der Waals surface area contributed by atoms with Crippen LogP contribution in [0.25, 0.3) is 0 Å². The van der Waals surface area contributed by atoms with Gasteiger partial charge in [0, 0.05) is 26.0 Å². The number of rotatable bonds is 6. The maximum Gasteiger partial charge on any atom is 0.241 e. The lowest BCUT2D eigenvalue weighted by atomic mass is 10.2. The second-order valence-electron chi connectivity index (χ2n) is 5.00. The van der Waals surface area contributed by atoms with Gasteiger partial charge in [-0.05, 0) is 36.2 Å². The van der Waals surface area contributed by atoms with E-state index in [0.717, 1.165) is 17.7 Å². The first kappa shape index (κ1) is 16.8. The van der Waals surface area contributed by atoms with Gasteiger partial charge in [-0.25, -0.2) is 13.2 Å². The standard InChI is InChI=1S/C16H16F3N3O/c1-22(9-6-11-4-7-20-8-5-11)14(23)10-21-13-3-2-12(17)15(18)16(13)19/h2-5,7-8,21H,6,9-10H2,1H3. The van der Waals surface area contributed by atoms with Crippen LogP contribution < -0.4 is 5.32 Å². The van der Waals surface area contributed by atoms with Gasteiger partial charge in [0.15, 0.2) is 17.5 Å². The molecule has 0 aliphatic carbocycles. The lowest BCUT2D eigenvalue weighted by Crippen LogP contribution is -2.33. The third kappa shape index (κ3) is 4.45. The predicted octanol–water partition coefficient (Wildman–Crippen LogP) is 2.61. The molecule has 1 heterocycles. The summed E-state index contributed by atoms with van der Waals surface area (Å²) in [6.07, 6.45) is 4.00. The van der Waals surface area contributed by atoms with E-state index in [-0.39, 0.29) is 18.1 Å². The number of carbonyl (C=O) groups excluding carboxylic acids is 1. The van der Waals surface area contributed by atoms with E-state index in [4.69, 9.17) is 0 Å². The van der Waals surface area contributed by atoms with Crippen LogP contribution in [0.1, 0.15) is 5.56 Å². The minimum atomic E-state index is -1.56. The van der Waals surface area contributed by atoms with Crippen molar-refractivity contribution in [2.75, 3.05) is 25.5 Å². The third-order valence-electron chi connectivity index (χ3n) is 3.38. The van der Waals surface area contributed by atoms with E-state index < -0.39 is 17.5 Å². The quantitative estimate of drug-likeness (QED) is 0.831. The van der Waals surface area contributed by atoms with Crippen LogP contribution in [-0.2, 0) is 11.2 Å². The van der Waals surface area contributed by atoms with E-state index in [1.54, 1.807) is 19.4 Å². The first-order valence-corrected chi connectivity index (χ1v) is 6.99. The summed E-state index contributed by atoms with van der Waals surface area (Å²) in [7, 11) is 1.62. The number of benzene rings is 1. The molecule has 1 N–H and O–H groups in total. The molecule has 0 saturated heterocycles. The molecule has 4 nitrogen and oxygen atoms in total. The van der Waals surface area contributed by atoms with Gasteiger partial charge in [0.2, 0.25) is 5.91 Å². The number of hydrogen-bond acceptors (Lipinski definition) is 3. The monoisotopic (exact) mass is 323 g/mol. The Morgan fingerprint density at radius 3 is 2.52 bits per heavy atom. The molecule has 2 aromatic rings. The van der Waals surface area contributed by atoms with E-state index in [1.807, 2.05) is 12.1 Å². The minimum absolute atomic E-state index is 0.213. The normalized spacial score (nSPS) is 10.4. The van der Waals surface area contributed by atoms with Crippen molar-refractivity contribution in [3.05, 3.63) is 59.7 Å². The average molecular weight is 323 g/mol. The van der Waals surface area contributed by atoms with E-state index in [0.29, 0.717) is 13.0 Å². The van der Waals surface area contributed by atoms with E-state index in [2.05, 4.69) is 10.3 Å². The van der Waals surface area contributed by atoms with Crippen LogP contribution in [0, 0.1) is 17.5 Å². The Balaban J connectivity index is 1.86. The highest BCUT2D eigenvalue weighted by atomic mass is 19.2. The SMILES string of the molecule is CN(CCc1ccncc1)C(=O)CNc1ccc(F)c(F)c1F. The highest BCUT2D eigenvalue weighted by molar-refractivity contribution is 5.80. The summed E-state index contributed by atoms with van der Waals surface area (Å²) >= 11 is 0. The Morgan fingerprint density at radius 2 is 1.83 bits per heavy atom. The van der Waals surface area contributed by atoms with Gasteiger partial charge in [-0.1, -0.05) is 0 Å². The molecule has 0 fully saturated rings. The zero-order valence-corrected chi connectivity index (χ0v) is 12.5. The van der Waals surface area contributed by atoms with Crippen LogP contribution >= 0.6 is 0 Å². The lowest BCUT2D eigenvalue weighted by molar-refractivity contribution is -0.127. The van der Waals surface area contributed by atoms with Gasteiger partial charge in [-0.2, -0.15) is 0 Å². The van der Waals surface area contributed by atoms with Gasteiger partial charge in [0.1, 0.15) is 0 Å². The number of halogens is 3. The van der Waals surface area contributed by atoms with Crippen molar-refractivity contribution in [1.82, 2.24) is 9.88 Å². The van der Waals surface area contributed by atoms with Crippen LogP contribution in [-0.4, -0.2) is 35.9 Å². The van der Waals surface area contributed by atoms with Gasteiger partial charge in [-0.3, -0.25) is 9.78 Å². The molecule has 122 valence electrons. The van der Waals surface area contributed by atoms with Crippen molar-refractivity contribution in [2.45, 2.75) is 6.42 Å². The Hall–Kier alpha value is -2.57. The first-order valence-electron chi connectivity index (χ1n) is 6.99. The van der Waals surface area contributed by atoms with Crippen LogP contribution in [0.3, 0.4) is 0 Å². The summed E-state index contributed by atoms with van der Waals surface area (Å²) in [4.78, 5) is 17.3.